The molecular weight excluding hydrogens is 256 g/mol. The first-order valence-corrected chi connectivity index (χ1v) is 7.02. The molecule has 1 aromatic carbocycles. The maximum atomic E-state index is 12.7. The first-order valence-electron chi connectivity index (χ1n) is 7.02. The molecule has 0 aromatic heterocycles. The number of nitrogens with two attached hydrogens (primary N) is 1. The highest BCUT2D eigenvalue weighted by Crippen LogP contribution is 2.26. The van der Waals surface area contributed by atoms with Gasteiger partial charge in [0.15, 0.2) is 0 Å². The topological polar surface area (TPSA) is 75.8 Å². The zero-order chi connectivity index (χ0) is 14.5. The van der Waals surface area contributed by atoms with Gasteiger partial charge in [-0.3, -0.25) is 4.79 Å². The number of anilines is 1. The van der Waals surface area contributed by atoms with Gasteiger partial charge in [-0.25, -0.2) is 0 Å². The van der Waals surface area contributed by atoms with Crippen molar-refractivity contribution in [3.63, 3.8) is 0 Å². The third-order valence-corrected chi connectivity index (χ3v) is 3.80. The van der Waals surface area contributed by atoms with Gasteiger partial charge in [0.1, 0.15) is 5.75 Å². The Balaban J connectivity index is 2.28. The summed E-state index contributed by atoms with van der Waals surface area (Å²) in [4.78, 5) is 14.5. The van der Waals surface area contributed by atoms with Gasteiger partial charge in [-0.05, 0) is 25.0 Å². The minimum absolute atomic E-state index is 0.00300. The quantitative estimate of drug-likeness (QED) is 0.824. The molecule has 20 heavy (non-hydrogen) atoms. The molecule has 0 radical (unpaired) electrons. The highest BCUT2D eigenvalue weighted by Gasteiger charge is 2.27. The van der Waals surface area contributed by atoms with E-state index in [0.29, 0.717) is 23.5 Å². The normalized spacial score (nSPS) is 19.5. The number of methoxy groups -OCH3 is 1. The van der Waals surface area contributed by atoms with E-state index in [4.69, 9.17) is 10.5 Å². The molecule has 5 nitrogen and oxygen atoms in total. The van der Waals surface area contributed by atoms with Gasteiger partial charge in [-0.1, -0.05) is 12.8 Å². The van der Waals surface area contributed by atoms with Crippen molar-refractivity contribution in [2.24, 2.45) is 0 Å². The fourth-order valence-electron chi connectivity index (χ4n) is 2.67. The lowest BCUT2D eigenvalue weighted by Crippen LogP contribution is -2.42. The van der Waals surface area contributed by atoms with E-state index >= 15 is 0 Å². The molecule has 1 fully saturated rings. The van der Waals surface area contributed by atoms with Crippen molar-refractivity contribution in [3.8, 4) is 5.75 Å². The van der Waals surface area contributed by atoms with Crippen molar-refractivity contribution in [2.45, 2.75) is 31.7 Å². The summed E-state index contributed by atoms with van der Waals surface area (Å²) in [6, 6.07) is 4.93. The molecule has 1 atom stereocenters. The van der Waals surface area contributed by atoms with Crippen LogP contribution in [-0.2, 0) is 0 Å². The first kappa shape index (κ1) is 14.7. The van der Waals surface area contributed by atoms with Gasteiger partial charge in [0.25, 0.3) is 5.91 Å². The van der Waals surface area contributed by atoms with E-state index in [2.05, 4.69) is 0 Å². The van der Waals surface area contributed by atoms with E-state index < -0.39 is 0 Å². The number of likely N-dealkylation sites (tertiary alicyclic amines) is 1. The van der Waals surface area contributed by atoms with Crippen molar-refractivity contribution in [3.05, 3.63) is 23.8 Å². The van der Waals surface area contributed by atoms with Gasteiger partial charge in [0, 0.05) is 18.3 Å². The lowest BCUT2D eigenvalue weighted by atomic mass is 10.1. The fraction of sp³-hybridized carbons (Fsp3) is 0.533. The van der Waals surface area contributed by atoms with Crippen molar-refractivity contribution in [2.75, 3.05) is 26.0 Å². The van der Waals surface area contributed by atoms with Crippen LogP contribution in [0.25, 0.3) is 0 Å². The van der Waals surface area contributed by atoms with Crippen molar-refractivity contribution in [1.82, 2.24) is 4.90 Å². The summed E-state index contributed by atoms with van der Waals surface area (Å²) in [5.74, 6) is 0.388. The van der Waals surface area contributed by atoms with Crippen molar-refractivity contribution < 1.29 is 14.6 Å². The SMILES string of the molecule is COc1cc(N)ccc1C(=O)N1CCCCCC1CO. The Morgan fingerprint density at radius 2 is 2.25 bits per heavy atom. The van der Waals surface area contributed by atoms with Crippen LogP contribution in [0.15, 0.2) is 18.2 Å². The van der Waals surface area contributed by atoms with Crippen LogP contribution in [0.3, 0.4) is 0 Å². The van der Waals surface area contributed by atoms with Gasteiger partial charge < -0.3 is 20.5 Å². The number of hydrogen-bond donors (Lipinski definition) is 2. The molecule has 5 heteroatoms. The maximum Gasteiger partial charge on any atom is 0.257 e. The smallest absolute Gasteiger partial charge is 0.257 e. The van der Waals surface area contributed by atoms with Gasteiger partial charge in [-0.2, -0.15) is 0 Å². The molecule has 110 valence electrons. The van der Waals surface area contributed by atoms with Crippen LogP contribution in [0, 0.1) is 0 Å². The molecule has 0 saturated carbocycles. The second-order valence-corrected chi connectivity index (χ2v) is 5.14. The van der Waals surface area contributed by atoms with Gasteiger partial charge in [0.05, 0.1) is 25.3 Å². The number of carbonyl (C=O) groups is 1. The lowest BCUT2D eigenvalue weighted by molar-refractivity contribution is 0.0596. The molecule has 0 aliphatic carbocycles. The number of hydrogen-bond acceptors (Lipinski definition) is 4. The Morgan fingerprint density at radius 3 is 2.95 bits per heavy atom. The average Bonchev–Trinajstić information content (AvgIpc) is 2.71. The Kier molecular flexibility index (Phi) is 4.84. The summed E-state index contributed by atoms with van der Waals surface area (Å²) in [7, 11) is 1.53. The lowest BCUT2D eigenvalue weighted by Gasteiger charge is -2.29. The monoisotopic (exact) mass is 278 g/mol. The zero-order valence-corrected chi connectivity index (χ0v) is 11.8. The average molecular weight is 278 g/mol. The predicted molar refractivity (Wildman–Crippen MR) is 77.8 cm³/mol. The highest BCUT2D eigenvalue weighted by atomic mass is 16.5. The minimum Gasteiger partial charge on any atom is -0.496 e. The van der Waals surface area contributed by atoms with Gasteiger partial charge >= 0.3 is 0 Å². The van der Waals surface area contributed by atoms with Gasteiger partial charge in [0.2, 0.25) is 0 Å². The third kappa shape index (κ3) is 3.04. The number of carbonyl (C=O) groups excluding carboxylic acids is 1. The standard InChI is InChI=1S/C15H22N2O3/c1-20-14-9-11(16)6-7-13(14)15(19)17-8-4-2-3-5-12(17)10-18/h6-7,9,12,18H,2-5,8,10,16H2,1H3. The minimum atomic E-state index is -0.104. The molecule has 0 bridgehead atoms. The van der Waals surface area contributed by atoms with Crippen LogP contribution in [0.2, 0.25) is 0 Å². The summed E-state index contributed by atoms with van der Waals surface area (Å²) < 4.78 is 5.25. The summed E-state index contributed by atoms with van der Waals surface area (Å²) >= 11 is 0. The molecule has 1 unspecified atom stereocenters. The number of amides is 1. The second kappa shape index (κ2) is 6.61. The molecule has 1 amide bonds. The summed E-state index contributed by atoms with van der Waals surface area (Å²) in [6.07, 6.45) is 3.96. The van der Waals surface area contributed by atoms with Crippen LogP contribution in [0.4, 0.5) is 5.69 Å². The number of aliphatic hydroxyl groups excluding tert-OH is 1. The zero-order valence-electron chi connectivity index (χ0n) is 11.8. The van der Waals surface area contributed by atoms with E-state index in [-0.39, 0.29) is 18.6 Å². The van der Waals surface area contributed by atoms with E-state index in [9.17, 15) is 9.90 Å². The van der Waals surface area contributed by atoms with Gasteiger partial charge in [-0.15, -0.1) is 0 Å². The Bertz CT molecular complexity index is 476. The summed E-state index contributed by atoms with van der Waals surface area (Å²) in [5.41, 5.74) is 6.78. The molecule has 1 aliphatic rings. The molecule has 1 aromatic rings. The Labute approximate surface area is 119 Å². The third-order valence-electron chi connectivity index (χ3n) is 3.80. The van der Waals surface area contributed by atoms with E-state index in [1.165, 1.54) is 7.11 Å². The molecule has 2 rings (SSSR count). The van der Waals surface area contributed by atoms with E-state index in [0.717, 1.165) is 25.7 Å². The number of benzene rings is 1. The second-order valence-electron chi connectivity index (χ2n) is 5.14. The fourth-order valence-corrected chi connectivity index (χ4v) is 2.67. The molecule has 3 N–H and O–H groups in total. The predicted octanol–water partition coefficient (Wildman–Crippen LogP) is 1.65. The number of rotatable bonds is 3. The molecule has 0 spiro atoms. The Hall–Kier alpha value is -1.75. The van der Waals surface area contributed by atoms with E-state index in [1.54, 1.807) is 23.1 Å². The van der Waals surface area contributed by atoms with E-state index in [1.807, 2.05) is 0 Å². The highest BCUT2D eigenvalue weighted by molar-refractivity contribution is 5.97. The summed E-state index contributed by atoms with van der Waals surface area (Å²) in [6.45, 7) is 0.681. The number of nitrogens with zero attached hydrogens (tertiary/aromatic N) is 1. The largest absolute Gasteiger partial charge is 0.496 e. The summed E-state index contributed by atoms with van der Waals surface area (Å²) in [5, 5.41) is 9.51. The number of ether oxygens (including phenoxy) is 1. The van der Waals surface area contributed by atoms with Crippen LogP contribution < -0.4 is 10.5 Å². The maximum absolute atomic E-state index is 12.7. The number of aliphatic hydroxyl groups is 1. The van der Waals surface area contributed by atoms with Crippen LogP contribution in [0.1, 0.15) is 36.0 Å². The van der Waals surface area contributed by atoms with Crippen LogP contribution in [-0.4, -0.2) is 42.2 Å². The molecule has 1 heterocycles. The van der Waals surface area contributed by atoms with Crippen molar-refractivity contribution in [1.29, 1.82) is 0 Å². The van der Waals surface area contributed by atoms with Crippen LogP contribution in [0.5, 0.6) is 5.75 Å². The first-order chi connectivity index (χ1) is 9.67. The van der Waals surface area contributed by atoms with Crippen molar-refractivity contribution >= 4 is 11.6 Å². The number of nitrogen functional groups attached to an aromatic ring is 1. The Morgan fingerprint density at radius 1 is 1.45 bits per heavy atom. The molecule has 1 saturated heterocycles. The molecule has 1 aliphatic heterocycles. The molecular formula is C15H22N2O3. The van der Waals surface area contributed by atoms with Crippen LogP contribution >= 0.6 is 0 Å².